The van der Waals surface area contributed by atoms with Gasteiger partial charge in [-0.3, -0.25) is 4.79 Å². The lowest BCUT2D eigenvalue weighted by atomic mass is 9.95. The standard InChI is InChI=1S/C16H21NO3/c1-12(13-7-3-2-4-8-13)11-15(18)17-10-6-5-9-14(17)16(19)20/h2-4,7-8,12,14H,5-6,9-11H2,1H3,(H,19,20)/t12-,14+/m0/s1. The average Bonchev–Trinajstić information content (AvgIpc) is 2.48. The van der Waals surface area contributed by atoms with Crippen molar-refractivity contribution in [1.82, 2.24) is 4.90 Å². The van der Waals surface area contributed by atoms with E-state index in [2.05, 4.69) is 0 Å². The molecule has 0 radical (unpaired) electrons. The van der Waals surface area contributed by atoms with Gasteiger partial charge < -0.3 is 10.0 Å². The molecule has 0 unspecified atom stereocenters. The molecule has 1 fully saturated rings. The summed E-state index contributed by atoms with van der Waals surface area (Å²) in [5.41, 5.74) is 1.12. The van der Waals surface area contributed by atoms with E-state index < -0.39 is 12.0 Å². The normalized spacial score (nSPS) is 20.4. The number of aliphatic carboxylic acids is 1. The third-order valence-corrected chi connectivity index (χ3v) is 3.96. The highest BCUT2D eigenvalue weighted by molar-refractivity contribution is 5.84. The molecule has 20 heavy (non-hydrogen) atoms. The molecule has 0 bridgehead atoms. The topological polar surface area (TPSA) is 57.6 Å². The Morgan fingerprint density at radius 1 is 1.30 bits per heavy atom. The van der Waals surface area contributed by atoms with E-state index in [0.717, 1.165) is 18.4 Å². The molecule has 0 saturated carbocycles. The molecule has 1 saturated heterocycles. The van der Waals surface area contributed by atoms with Crippen LogP contribution >= 0.6 is 0 Å². The average molecular weight is 275 g/mol. The highest BCUT2D eigenvalue weighted by Crippen LogP contribution is 2.23. The van der Waals surface area contributed by atoms with Crippen LogP contribution in [-0.2, 0) is 9.59 Å². The van der Waals surface area contributed by atoms with Crippen molar-refractivity contribution in [3.63, 3.8) is 0 Å². The summed E-state index contributed by atoms with van der Waals surface area (Å²) in [6, 6.07) is 9.22. The number of nitrogens with zero attached hydrogens (tertiary/aromatic N) is 1. The van der Waals surface area contributed by atoms with Gasteiger partial charge in [0.25, 0.3) is 0 Å². The van der Waals surface area contributed by atoms with Crippen LogP contribution in [-0.4, -0.2) is 34.5 Å². The van der Waals surface area contributed by atoms with Crippen molar-refractivity contribution in [3.8, 4) is 0 Å². The Hall–Kier alpha value is -1.84. The van der Waals surface area contributed by atoms with E-state index in [1.165, 1.54) is 0 Å². The Labute approximate surface area is 119 Å². The monoisotopic (exact) mass is 275 g/mol. The molecular weight excluding hydrogens is 254 g/mol. The molecule has 1 aliphatic rings. The van der Waals surface area contributed by atoms with Gasteiger partial charge in [-0.15, -0.1) is 0 Å². The summed E-state index contributed by atoms with van der Waals surface area (Å²) in [4.78, 5) is 25.1. The Kier molecular flexibility index (Phi) is 4.77. The summed E-state index contributed by atoms with van der Waals surface area (Å²) in [6.07, 6.45) is 2.72. The minimum atomic E-state index is -0.884. The fourth-order valence-electron chi connectivity index (χ4n) is 2.77. The van der Waals surface area contributed by atoms with Crippen LogP contribution in [0, 0.1) is 0 Å². The zero-order valence-electron chi connectivity index (χ0n) is 11.8. The van der Waals surface area contributed by atoms with Crippen LogP contribution in [0.15, 0.2) is 30.3 Å². The molecule has 2 rings (SSSR count). The van der Waals surface area contributed by atoms with Crippen LogP contribution in [0.2, 0.25) is 0 Å². The number of carbonyl (C=O) groups excluding carboxylic acids is 1. The summed E-state index contributed by atoms with van der Waals surface area (Å²) in [5.74, 6) is -0.820. The Morgan fingerprint density at radius 3 is 2.65 bits per heavy atom. The van der Waals surface area contributed by atoms with Gasteiger partial charge in [0.05, 0.1) is 0 Å². The predicted molar refractivity (Wildman–Crippen MR) is 76.5 cm³/mol. The molecule has 1 N–H and O–H groups in total. The van der Waals surface area contributed by atoms with E-state index >= 15 is 0 Å². The van der Waals surface area contributed by atoms with Gasteiger partial charge in [-0.25, -0.2) is 4.79 Å². The lowest BCUT2D eigenvalue weighted by Gasteiger charge is -2.33. The molecule has 4 heteroatoms. The SMILES string of the molecule is C[C@@H](CC(=O)N1CCCC[C@@H]1C(=O)O)c1ccccc1. The van der Waals surface area contributed by atoms with Gasteiger partial charge in [-0.1, -0.05) is 37.3 Å². The minimum Gasteiger partial charge on any atom is -0.480 e. The van der Waals surface area contributed by atoms with Crippen molar-refractivity contribution in [2.75, 3.05) is 6.54 Å². The highest BCUT2D eigenvalue weighted by atomic mass is 16.4. The lowest BCUT2D eigenvalue weighted by molar-refractivity contribution is -0.152. The van der Waals surface area contributed by atoms with E-state index in [9.17, 15) is 14.7 Å². The maximum absolute atomic E-state index is 12.4. The van der Waals surface area contributed by atoms with Gasteiger partial charge >= 0.3 is 5.97 Å². The van der Waals surface area contributed by atoms with Crippen LogP contribution in [0.25, 0.3) is 0 Å². The number of rotatable bonds is 4. The molecule has 1 aliphatic heterocycles. The second-order valence-corrected chi connectivity index (χ2v) is 5.45. The highest BCUT2D eigenvalue weighted by Gasteiger charge is 2.32. The molecular formula is C16H21NO3. The van der Waals surface area contributed by atoms with Crippen LogP contribution in [0.3, 0.4) is 0 Å². The van der Waals surface area contributed by atoms with Gasteiger partial charge in [0.1, 0.15) is 6.04 Å². The number of carboxylic acid groups (broad SMARTS) is 1. The first-order valence-corrected chi connectivity index (χ1v) is 7.17. The zero-order chi connectivity index (χ0) is 14.5. The number of carbonyl (C=O) groups is 2. The van der Waals surface area contributed by atoms with Crippen molar-refractivity contribution < 1.29 is 14.7 Å². The number of benzene rings is 1. The van der Waals surface area contributed by atoms with Gasteiger partial charge in [-0.05, 0) is 30.7 Å². The molecule has 108 valence electrons. The third-order valence-electron chi connectivity index (χ3n) is 3.96. The summed E-state index contributed by atoms with van der Waals surface area (Å²) < 4.78 is 0. The number of likely N-dealkylation sites (tertiary alicyclic amines) is 1. The fourth-order valence-corrected chi connectivity index (χ4v) is 2.77. The first kappa shape index (κ1) is 14.6. The van der Waals surface area contributed by atoms with Gasteiger partial charge in [0.15, 0.2) is 0 Å². The molecule has 4 nitrogen and oxygen atoms in total. The number of amides is 1. The van der Waals surface area contributed by atoms with E-state index in [1.54, 1.807) is 4.90 Å². The lowest BCUT2D eigenvalue weighted by Crippen LogP contribution is -2.48. The van der Waals surface area contributed by atoms with Gasteiger partial charge in [-0.2, -0.15) is 0 Å². The molecule has 1 amide bonds. The second-order valence-electron chi connectivity index (χ2n) is 5.45. The van der Waals surface area contributed by atoms with Gasteiger partial charge in [0, 0.05) is 13.0 Å². The largest absolute Gasteiger partial charge is 0.480 e. The molecule has 2 atom stereocenters. The van der Waals surface area contributed by atoms with Gasteiger partial charge in [0.2, 0.25) is 5.91 Å². The van der Waals surface area contributed by atoms with Crippen molar-refractivity contribution >= 4 is 11.9 Å². The summed E-state index contributed by atoms with van der Waals surface area (Å²) >= 11 is 0. The smallest absolute Gasteiger partial charge is 0.326 e. The molecule has 1 aromatic rings. The molecule has 0 aromatic heterocycles. The number of hydrogen-bond acceptors (Lipinski definition) is 2. The Bertz CT molecular complexity index is 472. The first-order chi connectivity index (χ1) is 9.59. The number of carboxylic acids is 1. The van der Waals surface area contributed by atoms with E-state index in [1.807, 2.05) is 37.3 Å². The quantitative estimate of drug-likeness (QED) is 0.919. The van der Waals surface area contributed by atoms with E-state index in [-0.39, 0.29) is 11.8 Å². The second kappa shape index (κ2) is 6.55. The summed E-state index contributed by atoms with van der Waals surface area (Å²) in [6.45, 7) is 2.57. The minimum absolute atomic E-state index is 0.0477. The zero-order valence-corrected chi connectivity index (χ0v) is 11.8. The molecule has 1 heterocycles. The Balaban J connectivity index is 2.01. The van der Waals surface area contributed by atoms with E-state index in [0.29, 0.717) is 19.4 Å². The van der Waals surface area contributed by atoms with E-state index in [4.69, 9.17) is 0 Å². The van der Waals surface area contributed by atoms with Crippen LogP contribution in [0.5, 0.6) is 0 Å². The Morgan fingerprint density at radius 2 is 2.00 bits per heavy atom. The summed E-state index contributed by atoms with van der Waals surface area (Å²) in [5, 5.41) is 9.21. The third kappa shape index (κ3) is 3.38. The molecule has 0 aliphatic carbocycles. The maximum atomic E-state index is 12.4. The van der Waals surface area contributed by atoms with Crippen LogP contribution < -0.4 is 0 Å². The van der Waals surface area contributed by atoms with Crippen LogP contribution in [0.4, 0.5) is 0 Å². The predicted octanol–water partition coefficient (Wildman–Crippen LogP) is 2.65. The number of hydrogen-bond donors (Lipinski definition) is 1. The molecule has 1 aromatic carbocycles. The maximum Gasteiger partial charge on any atom is 0.326 e. The first-order valence-electron chi connectivity index (χ1n) is 7.17. The van der Waals surface area contributed by atoms with Crippen molar-refractivity contribution in [2.45, 2.75) is 44.6 Å². The summed E-state index contributed by atoms with van der Waals surface area (Å²) in [7, 11) is 0. The molecule has 0 spiro atoms. The van der Waals surface area contributed by atoms with Crippen molar-refractivity contribution in [3.05, 3.63) is 35.9 Å². The fraction of sp³-hybridized carbons (Fsp3) is 0.500. The van der Waals surface area contributed by atoms with Crippen molar-refractivity contribution in [2.24, 2.45) is 0 Å². The van der Waals surface area contributed by atoms with Crippen molar-refractivity contribution in [1.29, 1.82) is 0 Å². The number of piperidine rings is 1. The van der Waals surface area contributed by atoms with Crippen LogP contribution in [0.1, 0.15) is 44.1 Å².